The second-order valence-electron chi connectivity index (χ2n) is 30.4. The Morgan fingerprint density at radius 1 is 0.458 bits per heavy atom. The van der Waals surface area contributed by atoms with Gasteiger partial charge in [0.1, 0.15) is 25.9 Å². The lowest BCUT2D eigenvalue weighted by Crippen LogP contribution is -2.37. The van der Waals surface area contributed by atoms with Crippen LogP contribution in [0.3, 0.4) is 0 Å². The third kappa shape index (κ3) is 32.8. The molecule has 552 valence electrons. The van der Waals surface area contributed by atoms with Crippen molar-refractivity contribution >= 4 is 35.8 Å². The third-order valence-corrected chi connectivity index (χ3v) is 20.9. The normalized spacial score (nSPS) is 31.8. The van der Waals surface area contributed by atoms with Gasteiger partial charge < -0.3 is 74.7 Å². The summed E-state index contributed by atoms with van der Waals surface area (Å²) in [5.41, 5.74) is 2.60. The van der Waals surface area contributed by atoms with E-state index in [0.717, 1.165) is 94.4 Å². The average molecular weight is 1360 g/mol. The molecular weight excluding hydrogens is 1240 g/mol. The van der Waals surface area contributed by atoms with E-state index in [-0.39, 0.29) is 128 Å². The van der Waals surface area contributed by atoms with Crippen LogP contribution < -0.4 is 0 Å². The van der Waals surface area contributed by atoms with Gasteiger partial charge in [0.15, 0.2) is 0 Å². The largest absolute Gasteiger partial charge is 0.481 e. The smallest absolute Gasteiger partial charge is 0.311 e. The van der Waals surface area contributed by atoms with Crippen molar-refractivity contribution in [1.82, 2.24) is 0 Å². The molecule has 0 amide bonds. The first kappa shape index (κ1) is 84.1. The van der Waals surface area contributed by atoms with E-state index in [1.807, 2.05) is 12.1 Å². The number of hydrogen-bond donors (Lipinski definition) is 10. The lowest BCUT2D eigenvalue weighted by Gasteiger charge is -2.39. The Labute approximate surface area is 572 Å². The van der Waals surface area contributed by atoms with Crippen molar-refractivity contribution in [3.8, 4) is 0 Å². The highest BCUT2D eigenvalue weighted by Gasteiger charge is 2.38. The molecule has 8 aliphatic rings. The van der Waals surface area contributed by atoms with Crippen LogP contribution in [0.25, 0.3) is 0 Å². The van der Waals surface area contributed by atoms with Crippen LogP contribution in [0.2, 0.25) is 0 Å². The minimum atomic E-state index is -0.829. The maximum Gasteiger partial charge on any atom is 0.311 e. The maximum absolute atomic E-state index is 12.2. The van der Waals surface area contributed by atoms with Crippen molar-refractivity contribution < 1.29 is 104 Å². The third-order valence-electron chi connectivity index (χ3n) is 20.9. The number of hydrogen-bond acceptors (Lipinski definition) is 20. The predicted molar refractivity (Wildman–Crippen MR) is 361 cm³/mol. The van der Waals surface area contributed by atoms with E-state index in [1.165, 1.54) is 37.7 Å². The molecule has 0 heterocycles. The first-order valence-corrected chi connectivity index (χ1v) is 36.7. The Morgan fingerprint density at radius 2 is 0.854 bits per heavy atom. The van der Waals surface area contributed by atoms with Crippen LogP contribution >= 0.6 is 0 Å². The van der Waals surface area contributed by atoms with E-state index in [4.69, 9.17) is 44.1 Å². The fourth-order valence-corrected chi connectivity index (χ4v) is 14.7. The van der Waals surface area contributed by atoms with E-state index in [1.54, 1.807) is 0 Å². The molecule has 21 nitrogen and oxygen atoms in total. The molecule has 0 spiro atoms. The number of aliphatic hydroxyl groups excluding tert-OH is 9. The molecule has 8 aliphatic carbocycles. The molecule has 0 saturated heterocycles. The van der Waals surface area contributed by atoms with E-state index >= 15 is 0 Å². The second kappa shape index (κ2) is 44.7. The van der Waals surface area contributed by atoms with E-state index in [2.05, 4.69) is 60.6 Å². The summed E-state index contributed by atoms with van der Waals surface area (Å²) >= 11 is 0. The summed E-state index contributed by atoms with van der Waals surface area (Å²) in [6.07, 6.45) is 21.3. The molecule has 96 heavy (non-hydrogen) atoms. The Balaban J connectivity index is 0.000000249. The van der Waals surface area contributed by atoms with Crippen LogP contribution in [0, 0.1) is 64.6 Å². The number of carboxylic acid groups (broad SMARTS) is 1. The number of carbonyl (C=O) groups is 6. The van der Waals surface area contributed by atoms with Crippen molar-refractivity contribution in [2.24, 2.45) is 64.6 Å². The highest BCUT2D eigenvalue weighted by atomic mass is 16.6. The summed E-state index contributed by atoms with van der Waals surface area (Å²) < 4.78 is 26.2. The zero-order chi connectivity index (χ0) is 70.9. The van der Waals surface area contributed by atoms with Gasteiger partial charge in [0.2, 0.25) is 0 Å². The summed E-state index contributed by atoms with van der Waals surface area (Å²) in [6.45, 7) is 16.4. The molecule has 1 aromatic carbocycles. The highest BCUT2D eigenvalue weighted by Crippen LogP contribution is 2.41. The molecule has 8 fully saturated rings. The number of esters is 5. The number of ether oxygens (including phenoxy) is 5. The number of aliphatic carboxylic acids is 1. The van der Waals surface area contributed by atoms with Gasteiger partial charge in [-0.25, -0.2) is 0 Å². The molecule has 1 aromatic rings. The SMILES string of the molecule is CC(C)C1CCC(COC(=O)C2CCC(O)CC2)CC1.CC(C)c1ccc(COC(=O)C2CCC(O)CC2)cc1.CC1CC(OC(=O)C2CCC(O)CC2)CC(C)(C)C1.O=C(O)C1CCC(O)CC1.O=C(OCCO)C1CCC(O)CC1.O=C(OCCO)C1CCC(O)CC1O. The molecule has 9 rings (SSSR count). The van der Waals surface area contributed by atoms with Crippen molar-refractivity contribution in [3.05, 3.63) is 35.4 Å². The summed E-state index contributed by atoms with van der Waals surface area (Å²) in [6, 6.07) is 8.22. The first-order valence-electron chi connectivity index (χ1n) is 36.7. The summed E-state index contributed by atoms with van der Waals surface area (Å²) in [5, 5.41) is 90.7. The molecule has 5 unspecified atom stereocenters. The minimum Gasteiger partial charge on any atom is -0.481 e. The minimum absolute atomic E-state index is 0.0174. The first-order chi connectivity index (χ1) is 45.6. The van der Waals surface area contributed by atoms with Gasteiger partial charge in [-0.2, -0.15) is 0 Å². The van der Waals surface area contributed by atoms with Crippen LogP contribution in [0.15, 0.2) is 24.3 Å². The molecule has 8 saturated carbocycles. The van der Waals surface area contributed by atoms with E-state index in [9.17, 15) is 59.4 Å². The molecular formula is C75H126O21. The van der Waals surface area contributed by atoms with Gasteiger partial charge in [0, 0.05) is 6.42 Å². The number of carboxylic acids is 1. The number of aliphatic hydroxyl groups is 9. The van der Waals surface area contributed by atoms with Crippen LogP contribution in [0.5, 0.6) is 0 Å². The Morgan fingerprint density at radius 3 is 1.25 bits per heavy atom. The quantitative estimate of drug-likeness (QED) is 0.0512. The van der Waals surface area contributed by atoms with Gasteiger partial charge in [0.05, 0.1) is 98.1 Å². The Kier molecular flexibility index (Phi) is 39.2. The zero-order valence-corrected chi connectivity index (χ0v) is 59.2. The van der Waals surface area contributed by atoms with Crippen molar-refractivity contribution in [3.63, 3.8) is 0 Å². The zero-order valence-electron chi connectivity index (χ0n) is 59.2. The number of carbonyl (C=O) groups excluding carboxylic acids is 5. The van der Waals surface area contributed by atoms with Crippen LogP contribution in [0.1, 0.15) is 258 Å². The Bertz CT molecular complexity index is 2330. The summed E-state index contributed by atoms with van der Waals surface area (Å²) in [7, 11) is 0. The molecule has 0 aromatic heterocycles. The second-order valence-corrected chi connectivity index (χ2v) is 30.4. The van der Waals surface area contributed by atoms with Crippen molar-refractivity contribution in [1.29, 1.82) is 0 Å². The Hall–Kier alpha value is -4.32. The van der Waals surface area contributed by atoms with Gasteiger partial charge in [-0.3, -0.25) is 28.8 Å². The summed E-state index contributed by atoms with van der Waals surface area (Å²) in [4.78, 5) is 69.1. The van der Waals surface area contributed by atoms with E-state index in [0.29, 0.717) is 108 Å². The highest BCUT2D eigenvalue weighted by molar-refractivity contribution is 5.74. The number of rotatable bonds is 17. The molecule has 0 radical (unpaired) electrons. The summed E-state index contributed by atoms with van der Waals surface area (Å²) in [5.74, 6) is 0.943. The van der Waals surface area contributed by atoms with Gasteiger partial charge >= 0.3 is 35.8 Å². The average Bonchev–Trinajstić information content (AvgIpc) is 0.895. The standard InChI is InChI=1S/C17H30O3.C17H24O3.C16H28O3.C9H16O5.C9H16O4.C7H12O3/c2*1-12(2)14-5-3-13(4-6-14)11-20-17(19)15-7-9-16(18)10-8-15;1-11-8-14(10-16(2,3)9-11)19-15(18)12-4-6-13(17)7-5-12;10-3-4-14-9(13)7-2-1-6(11)5-8(7)12;10-5-6-13-9(12)7-1-3-8(11)4-2-7;8-6-3-1-5(2-4-6)7(9)10/h12-16,18H,3-11H2,1-2H3;3-6,12,15-16,18H,7-11H2,1-2H3;11-14,17H,4-10H2,1-3H3;6-8,10-12H,1-5H2;7-8,10-11H,1-6H2;5-6,8H,1-4H2,(H,9,10). The lowest BCUT2D eigenvalue weighted by atomic mass is 9.71. The van der Waals surface area contributed by atoms with Crippen LogP contribution in [0.4, 0.5) is 0 Å². The van der Waals surface area contributed by atoms with Crippen molar-refractivity contribution in [2.75, 3.05) is 33.0 Å². The monoisotopic (exact) mass is 1360 g/mol. The maximum atomic E-state index is 12.2. The molecule has 0 aliphatic heterocycles. The van der Waals surface area contributed by atoms with Gasteiger partial charge in [0.25, 0.3) is 0 Å². The number of benzene rings is 1. The van der Waals surface area contributed by atoms with Gasteiger partial charge in [-0.1, -0.05) is 72.7 Å². The van der Waals surface area contributed by atoms with Gasteiger partial charge in [-0.05, 0) is 232 Å². The predicted octanol–water partition coefficient (Wildman–Crippen LogP) is 9.98. The van der Waals surface area contributed by atoms with Crippen LogP contribution in [-0.2, 0) is 59.1 Å². The molecule has 21 heteroatoms. The van der Waals surface area contributed by atoms with Gasteiger partial charge in [-0.15, -0.1) is 0 Å². The fraction of sp³-hybridized carbons (Fsp3) is 0.840. The molecule has 10 N–H and O–H groups in total. The topological polar surface area (TPSA) is 351 Å². The van der Waals surface area contributed by atoms with E-state index < -0.39 is 30.1 Å². The van der Waals surface area contributed by atoms with Crippen LogP contribution in [-0.4, -0.2) is 169 Å². The molecule has 0 bridgehead atoms. The fourth-order valence-electron chi connectivity index (χ4n) is 14.7. The van der Waals surface area contributed by atoms with Crippen molar-refractivity contribution in [2.45, 2.75) is 302 Å². The molecule has 5 atom stereocenters. The lowest BCUT2D eigenvalue weighted by molar-refractivity contribution is -0.160.